The maximum absolute atomic E-state index is 13.3. The Labute approximate surface area is 374 Å². The average Bonchev–Trinajstić information content (AvgIpc) is 4.00. The minimum atomic E-state index is -4.16. The van der Waals surface area contributed by atoms with Crippen molar-refractivity contribution in [3.05, 3.63) is 58.9 Å². The van der Waals surface area contributed by atoms with E-state index in [1.165, 1.54) is 21.8 Å². The van der Waals surface area contributed by atoms with Crippen molar-refractivity contribution < 1.29 is 51.7 Å². The molecule has 5 aromatic rings. The molecule has 0 saturated carbocycles. The Morgan fingerprint density at radius 1 is 0.766 bits per heavy atom. The van der Waals surface area contributed by atoms with Crippen molar-refractivity contribution in [2.75, 3.05) is 29.2 Å². The molecule has 0 aliphatic carbocycles. The second-order valence-electron chi connectivity index (χ2n) is 16.1. The summed E-state index contributed by atoms with van der Waals surface area (Å²) >= 11 is 11.1. The summed E-state index contributed by atoms with van der Waals surface area (Å²) in [5, 5.41) is 8.00. The number of aromatic amines is 1. The van der Waals surface area contributed by atoms with Crippen molar-refractivity contribution in [1.29, 1.82) is 0 Å². The molecule has 3 saturated heterocycles. The van der Waals surface area contributed by atoms with Gasteiger partial charge in [-0.3, -0.25) is 43.9 Å². The van der Waals surface area contributed by atoms with Crippen LogP contribution in [0.1, 0.15) is 64.4 Å². The van der Waals surface area contributed by atoms with Gasteiger partial charge in [0.05, 0.1) is 38.1 Å². The smallest absolute Gasteiger partial charge is 0.325 e. The molecule has 2 unspecified atom stereocenters. The molecule has 342 valence electrons. The molecule has 0 radical (unpaired) electrons. The molecular weight excluding hydrogens is 917 g/mol. The molecular formula is C37H45N11O12P2S2. The Balaban J connectivity index is 1.11. The van der Waals surface area contributed by atoms with Gasteiger partial charge in [0.15, 0.2) is 40.6 Å². The van der Waals surface area contributed by atoms with Crippen molar-refractivity contribution in [3.8, 4) is 0 Å². The molecule has 3 aliphatic rings. The van der Waals surface area contributed by atoms with Crippen LogP contribution in [-0.4, -0.2) is 104 Å². The van der Waals surface area contributed by atoms with Crippen molar-refractivity contribution in [1.82, 2.24) is 39.0 Å². The standard InChI is InChI=1S/C37H45N11O12P2S2/c1-16(2)30(49)44-36-41-27(40-32(51)20-10-8-7-9-11-20)23-28(42-36)47(14-38-23)34-25-18(5)21(57-34)12-55-62(54,64)60-26-19(6)22(13-56-61(53,63)59-25)58-35(26)48-15-39-24-29(48)43-37(46-33(24)52)45-31(50)17(3)4/h7-11,14-19,21-22,25-26,34-35H,12-13H2,1-6H3,(H,53,63)(H,54,64)(H2,43,45,46,50,52)(H2,40,41,42,44,49,51)/t18-,19-,21-,22-,25-,26-,34-,35-,61?,62?/m1/s1. The Bertz CT molecular complexity index is 2770. The van der Waals surface area contributed by atoms with E-state index in [9.17, 15) is 29.0 Å². The fourth-order valence-electron chi connectivity index (χ4n) is 7.24. The van der Waals surface area contributed by atoms with Crippen LogP contribution in [0.3, 0.4) is 0 Å². The summed E-state index contributed by atoms with van der Waals surface area (Å²) in [6.45, 7) is 1.26. The topological polar surface area (TPSA) is 290 Å². The first kappa shape index (κ1) is 46.1. The number of ether oxygens (including phenoxy) is 2. The van der Waals surface area contributed by atoms with Crippen LogP contribution in [0.2, 0.25) is 0 Å². The van der Waals surface area contributed by atoms with Crippen molar-refractivity contribution in [2.45, 2.75) is 78.4 Å². The van der Waals surface area contributed by atoms with Crippen molar-refractivity contribution in [2.24, 2.45) is 23.7 Å². The van der Waals surface area contributed by atoms with Crippen LogP contribution in [0.15, 0.2) is 47.8 Å². The third kappa shape index (κ3) is 9.44. The normalized spacial score (nSPS) is 29.8. The van der Waals surface area contributed by atoms with Gasteiger partial charge in [-0.05, 0) is 35.7 Å². The Morgan fingerprint density at radius 2 is 1.28 bits per heavy atom. The molecule has 7 heterocycles. The number of amides is 3. The highest BCUT2D eigenvalue weighted by molar-refractivity contribution is 8.07. The van der Waals surface area contributed by atoms with Gasteiger partial charge in [0.25, 0.3) is 11.5 Å². The summed E-state index contributed by atoms with van der Waals surface area (Å²) in [7, 11) is 0. The molecule has 4 bridgehead atoms. The summed E-state index contributed by atoms with van der Waals surface area (Å²) in [5.74, 6) is -3.67. The minimum Gasteiger partial charge on any atom is -0.349 e. The Morgan fingerprint density at radius 3 is 1.83 bits per heavy atom. The largest absolute Gasteiger partial charge is 0.349 e. The molecule has 3 amide bonds. The van der Waals surface area contributed by atoms with Crippen LogP contribution in [0, 0.1) is 23.7 Å². The molecule has 3 aliphatic heterocycles. The molecule has 64 heavy (non-hydrogen) atoms. The van der Waals surface area contributed by atoms with E-state index in [1.54, 1.807) is 71.9 Å². The molecule has 3 fully saturated rings. The van der Waals surface area contributed by atoms with E-state index >= 15 is 0 Å². The van der Waals surface area contributed by atoms with E-state index in [0.29, 0.717) is 5.56 Å². The molecule has 1 aromatic carbocycles. The van der Waals surface area contributed by atoms with Gasteiger partial charge in [0.2, 0.25) is 23.7 Å². The van der Waals surface area contributed by atoms with E-state index in [2.05, 4.69) is 45.9 Å². The van der Waals surface area contributed by atoms with Crippen LogP contribution in [-0.2, 0) is 60.8 Å². The first-order valence-corrected chi connectivity index (χ1v) is 25.3. The zero-order valence-corrected chi connectivity index (χ0v) is 38.5. The number of hydrogen-bond acceptors (Lipinski definition) is 17. The monoisotopic (exact) mass is 961 g/mol. The highest BCUT2D eigenvalue weighted by Gasteiger charge is 2.51. The third-order valence-electron chi connectivity index (χ3n) is 10.9. The number of carbonyl (C=O) groups is 3. The molecule has 4 aromatic heterocycles. The first-order valence-electron chi connectivity index (χ1n) is 20.1. The van der Waals surface area contributed by atoms with Crippen LogP contribution >= 0.6 is 13.4 Å². The van der Waals surface area contributed by atoms with Crippen molar-refractivity contribution >= 4 is 94.8 Å². The van der Waals surface area contributed by atoms with Gasteiger partial charge < -0.3 is 42.7 Å². The first-order chi connectivity index (χ1) is 30.3. The lowest BCUT2D eigenvalue weighted by Gasteiger charge is -2.29. The van der Waals surface area contributed by atoms with E-state index in [-0.39, 0.29) is 59.2 Å². The zero-order valence-electron chi connectivity index (χ0n) is 35.0. The Hall–Kier alpha value is -4.49. The molecule has 10 atom stereocenters. The van der Waals surface area contributed by atoms with Gasteiger partial charge in [-0.2, -0.15) is 15.0 Å². The molecule has 6 N–H and O–H groups in total. The highest BCUT2D eigenvalue weighted by atomic mass is 32.5. The number of rotatable bonds is 8. The van der Waals surface area contributed by atoms with Gasteiger partial charge in [0.1, 0.15) is 12.2 Å². The number of anilines is 3. The summed E-state index contributed by atoms with van der Waals surface area (Å²) < 4.78 is 40.2. The maximum Gasteiger partial charge on any atom is 0.325 e. The summed E-state index contributed by atoms with van der Waals surface area (Å²) in [6.07, 6.45) is -3.54. The van der Waals surface area contributed by atoms with Crippen molar-refractivity contribution in [3.63, 3.8) is 0 Å². The third-order valence-corrected chi connectivity index (χ3v) is 14.0. The quantitative estimate of drug-likeness (QED) is 0.121. The van der Waals surface area contributed by atoms with E-state index in [1.807, 2.05) is 0 Å². The van der Waals surface area contributed by atoms with Gasteiger partial charge >= 0.3 is 13.4 Å². The SMILES string of the molecule is CC(C)C(=O)Nc1nc(NC(=O)c2ccccc2)c2ncn([C@@H]3O[C@@H]4COP(O)(=S)O[C@@H]5[C@H](C)[C@@H](COP(O)(=S)O[C@@H]3[C@@H]4C)O[C@H]5n3cnc4c(=O)[nH]c(NC(=O)C(C)C)nc43)c2n1. The van der Waals surface area contributed by atoms with Crippen LogP contribution < -0.4 is 21.5 Å². The van der Waals surface area contributed by atoms with Gasteiger partial charge in [-0.1, -0.05) is 59.7 Å². The zero-order chi connectivity index (χ0) is 45.8. The molecule has 0 spiro atoms. The van der Waals surface area contributed by atoms with Gasteiger partial charge in [-0.25, -0.2) is 9.97 Å². The van der Waals surface area contributed by atoms with Crippen LogP contribution in [0.25, 0.3) is 22.3 Å². The van der Waals surface area contributed by atoms with Gasteiger partial charge in [-0.15, -0.1) is 0 Å². The Kier molecular flexibility index (Phi) is 13.0. The lowest BCUT2D eigenvalue weighted by Crippen LogP contribution is -2.31. The summed E-state index contributed by atoms with van der Waals surface area (Å²) in [6, 6.07) is 8.42. The number of imidazole rings is 2. The number of hydrogen-bond donors (Lipinski definition) is 6. The van der Waals surface area contributed by atoms with E-state index in [4.69, 9.17) is 51.2 Å². The van der Waals surface area contributed by atoms with E-state index in [0.717, 1.165) is 0 Å². The number of H-pyrrole nitrogens is 1. The number of benzene rings is 1. The number of nitrogens with zero attached hydrogens (tertiary/aromatic N) is 7. The fourth-order valence-corrected chi connectivity index (χ4v) is 10.2. The second-order valence-corrected chi connectivity index (χ2v) is 21.7. The molecule has 23 nitrogen and oxygen atoms in total. The summed E-state index contributed by atoms with van der Waals surface area (Å²) in [4.78, 5) is 99.6. The van der Waals surface area contributed by atoms with Crippen LogP contribution in [0.4, 0.5) is 17.7 Å². The average molecular weight is 962 g/mol. The minimum absolute atomic E-state index is 0.0146. The fraction of sp³-hybridized carbons (Fsp3) is 0.486. The molecule has 8 rings (SSSR count). The molecule has 27 heteroatoms. The lowest BCUT2D eigenvalue weighted by molar-refractivity contribution is -0.119. The number of aromatic nitrogens is 8. The summed E-state index contributed by atoms with van der Waals surface area (Å²) in [5.41, 5.74) is -0.101. The highest BCUT2D eigenvalue weighted by Crippen LogP contribution is 2.55. The van der Waals surface area contributed by atoms with Crippen LogP contribution in [0.5, 0.6) is 0 Å². The predicted octanol–water partition coefficient (Wildman–Crippen LogP) is 3.72. The maximum atomic E-state index is 13.3. The second kappa shape index (κ2) is 18.1. The lowest BCUT2D eigenvalue weighted by atomic mass is 10.0. The van der Waals surface area contributed by atoms with E-state index < -0.39 is 91.4 Å². The number of carbonyl (C=O) groups excluding carboxylic acids is 3. The van der Waals surface area contributed by atoms with Gasteiger partial charge in [0, 0.05) is 29.2 Å². The predicted molar refractivity (Wildman–Crippen MR) is 236 cm³/mol. The number of nitrogens with one attached hydrogen (secondary N) is 4. The number of fused-ring (bicyclic) bond motifs is 6.